The molecule has 6 heteroatoms. The van der Waals surface area contributed by atoms with E-state index in [9.17, 15) is 13.9 Å². The second kappa shape index (κ2) is 4.82. The number of benzene rings is 2. The highest BCUT2D eigenvalue weighted by molar-refractivity contribution is 5.81. The van der Waals surface area contributed by atoms with Crippen LogP contribution in [-0.2, 0) is 6.61 Å². The first-order valence-electron chi connectivity index (χ1n) is 6.35. The summed E-state index contributed by atoms with van der Waals surface area (Å²) in [6, 6.07) is 7.14. The Hall–Kier alpha value is -2.47. The van der Waals surface area contributed by atoms with Crippen LogP contribution < -0.4 is 5.73 Å². The fourth-order valence-electron chi connectivity index (χ4n) is 2.33. The first-order chi connectivity index (χ1) is 10.0. The molecular weight excluding hydrogens is 276 g/mol. The summed E-state index contributed by atoms with van der Waals surface area (Å²) in [5, 5.41) is 9.43. The van der Waals surface area contributed by atoms with Gasteiger partial charge in [0.1, 0.15) is 24.1 Å². The maximum atomic E-state index is 14.2. The van der Waals surface area contributed by atoms with Crippen molar-refractivity contribution in [2.75, 3.05) is 5.73 Å². The third-order valence-electron chi connectivity index (χ3n) is 3.36. The van der Waals surface area contributed by atoms with Gasteiger partial charge in [0.2, 0.25) is 0 Å². The van der Waals surface area contributed by atoms with E-state index in [1.165, 1.54) is 11.5 Å². The molecule has 0 fully saturated rings. The molecule has 0 spiro atoms. The minimum atomic E-state index is -0.584. The predicted octanol–water partition coefficient (Wildman–Crippen LogP) is 2.69. The smallest absolute Gasteiger partial charge is 0.147 e. The van der Waals surface area contributed by atoms with Gasteiger partial charge in [0.15, 0.2) is 0 Å². The Labute approximate surface area is 119 Å². The normalized spacial score (nSPS) is 11.2. The van der Waals surface area contributed by atoms with Crippen molar-refractivity contribution >= 4 is 16.7 Å². The van der Waals surface area contributed by atoms with E-state index in [0.717, 1.165) is 12.1 Å². The Morgan fingerprint density at radius 2 is 1.95 bits per heavy atom. The Bertz CT molecular complexity index is 843. The minimum Gasteiger partial charge on any atom is -0.399 e. The highest BCUT2D eigenvalue weighted by Crippen LogP contribution is 2.26. The molecule has 0 atom stereocenters. The molecule has 0 radical (unpaired) electrons. The summed E-state index contributed by atoms with van der Waals surface area (Å²) in [5.74, 6) is -0.884. The first-order valence-corrected chi connectivity index (χ1v) is 6.35. The third kappa shape index (κ3) is 2.13. The van der Waals surface area contributed by atoms with E-state index in [1.54, 1.807) is 18.2 Å². The molecule has 1 aromatic heterocycles. The zero-order valence-electron chi connectivity index (χ0n) is 11.3. The average Bonchev–Trinajstić information content (AvgIpc) is 2.80. The van der Waals surface area contributed by atoms with Gasteiger partial charge >= 0.3 is 0 Å². The number of aliphatic hydroxyl groups excluding tert-OH is 1. The molecule has 0 aliphatic rings. The van der Waals surface area contributed by atoms with Crippen LogP contribution in [0.1, 0.15) is 11.4 Å². The number of aliphatic hydroxyl groups is 1. The zero-order valence-corrected chi connectivity index (χ0v) is 11.3. The Kier molecular flexibility index (Phi) is 3.10. The van der Waals surface area contributed by atoms with Crippen molar-refractivity contribution in [1.82, 2.24) is 9.55 Å². The van der Waals surface area contributed by atoms with Crippen LogP contribution >= 0.6 is 0 Å². The molecule has 0 amide bonds. The van der Waals surface area contributed by atoms with Crippen molar-refractivity contribution in [1.29, 1.82) is 0 Å². The van der Waals surface area contributed by atoms with Crippen LogP contribution in [-0.4, -0.2) is 14.7 Å². The molecule has 21 heavy (non-hydrogen) atoms. The van der Waals surface area contributed by atoms with E-state index < -0.39 is 18.2 Å². The topological polar surface area (TPSA) is 64.1 Å². The van der Waals surface area contributed by atoms with Gasteiger partial charge in [-0.2, -0.15) is 0 Å². The summed E-state index contributed by atoms with van der Waals surface area (Å²) in [5.41, 5.74) is 7.49. The van der Waals surface area contributed by atoms with E-state index in [-0.39, 0.29) is 17.1 Å². The van der Waals surface area contributed by atoms with Gasteiger partial charge in [-0.3, -0.25) is 4.57 Å². The molecule has 2 aromatic carbocycles. The number of aromatic nitrogens is 2. The summed E-state index contributed by atoms with van der Waals surface area (Å²) in [6.07, 6.45) is 0. The lowest BCUT2D eigenvalue weighted by Crippen LogP contribution is -2.05. The van der Waals surface area contributed by atoms with Crippen molar-refractivity contribution in [3.05, 3.63) is 53.4 Å². The largest absolute Gasteiger partial charge is 0.399 e. The maximum absolute atomic E-state index is 14.2. The lowest BCUT2D eigenvalue weighted by molar-refractivity contribution is 0.270. The van der Waals surface area contributed by atoms with Gasteiger partial charge in [-0.1, -0.05) is 0 Å². The number of nitrogens with zero attached hydrogens (tertiary/aromatic N) is 2. The van der Waals surface area contributed by atoms with Crippen molar-refractivity contribution < 1.29 is 13.9 Å². The molecule has 0 saturated heterocycles. The monoisotopic (exact) mass is 289 g/mol. The number of rotatable bonds is 2. The molecule has 4 nitrogen and oxygen atoms in total. The number of aryl methyl sites for hydroxylation is 1. The number of hydrogen-bond acceptors (Lipinski definition) is 3. The van der Waals surface area contributed by atoms with Crippen LogP contribution in [0.25, 0.3) is 16.7 Å². The number of anilines is 1. The Morgan fingerprint density at radius 3 is 2.67 bits per heavy atom. The molecule has 1 heterocycles. The van der Waals surface area contributed by atoms with Gasteiger partial charge in [0.25, 0.3) is 0 Å². The number of fused-ring (bicyclic) bond motifs is 1. The van der Waals surface area contributed by atoms with Gasteiger partial charge in [-0.05, 0) is 36.8 Å². The number of halogens is 2. The molecular formula is C15H13F2N3O. The first kappa shape index (κ1) is 13.5. The Morgan fingerprint density at radius 1 is 1.19 bits per heavy atom. The number of hydrogen-bond donors (Lipinski definition) is 2. The van der Waals surface area contributed by atoms with Gasteiger partial charge < -0.3 is 10.8 Å². The highest BCUT2D eigenvalue weighted by atomic mass is 19.1. The maximum Gasteiger partial charge on any atom is 0.147 e. The molecule has 0 saturated carbocycles. The van der Waals surface area contributed by atoms with Crippen molar-refractivity contribution in [2.45, 2.75) is 13.5 Å². The standard InChI is InChI=1S/C15H13F2N3O/c1-8-4-11(17)14(6-10(8)16)20-13-3-2-9(18)5-12(13)19-15(20)7-21/h2-6,21H,7,18H2,1H3. The van der Waals surface area contributed by atoms with E-state index in [2.05, 4.69) is 4.98 Å². The van der Waals surface area contributed by atoms with Crippen LogP contribution in [0.5, 0.6) is 0 Å². The molecule has 3 N–H and O–H groups in total. The lowest BCUT2D eigenvalue weighted by Gasteiger charge is -2.10. The number of nitrogens with two attached hydrogens (primary N) is 1. The van der Waals surface area contributed by atoms with Gasteiger partial charge in [-0.15, -0.1) is 0 Å². The van der Waals surface area contributed by atoms with Crippen molar-refractivity contribution in [2.24, 2.45) is 0 Å². The summed E-state index contributed by atoms with van der Waals surface area (Å²) < 4.78 is 29.4. The summed E-state index contributed by atoms with van der Waals surface area (Å²) in [4.78, 5) is 4.21. The van der Waals surface area contributed by atoms with Crippen LogP contribution in [0.4, 0.5) is 14.5 Å². The second-order valence-corrected chi connectivity index (χ2v) is 4.82. The highest BCUT2D eigenvalue weighted by Gasteiger charge is 2.16. The SMILES string of the molecule is Cc1cc(F)c(-n2c(CO)nc3cc(N)ccc32)cc1F. The van der Waals surface area contributed by atoms with Crippen LogP contribution in [0.2, 0.25) is 0 Å². The van der Waals surface area contributed by atoms with Gasteiger partial charge in [0.05, 0.1) is 16.7 Å². The Balaban J connectivity index is 2.36. The lowest BCUT2D eigenvalue weighted by atomic mass is 10.2. The van der Waals surface area contributed by atoms with Gasteiger partial charge in [-0.25, -0.2) is 13.8 Å². The fourth-order valence-corrected chi connectivity index (χ4v) is 2.33. The molecule has 3 rings (SSSR count). The zero-order chi connectivity index (χ0) is 15.1. The third-order valence-corrected chi connectivity index (χ3v) is 3.36. The van der Waals surface area contributed by atoms with Crippen molar-refractivity contribution in [3.63, 3.8) is 0 Å². The van der Waals surface area contributed by atoms with Crippen LogP contribution in [0.15, 0.2) is 30.3 Å². The van der Waals surface area contributed by atoms with E-state index in [1.807, 2.05) is 0 Å². The van der Waals surface area contributed by atoms with Crippen molar-refractivity contribution in [3.8, 4) is 5.69 Å². The molecule has 0 bridgehead atoms. The molecule has 0 aliphatic heterocycles. The van der Waals surface area contributed by atoms with E-state index in [0.29, 0.717) is 16.7 Å². The van der Waals surface area contributed by atoms with E-state index in [4.69, 9.17) is 5.73 Å². The fraction of sp³-hybridized carbons (Fsp3) is 0.133. The molecule has 0 unspecified atom stereocenters. The predicted molar refractivity (Wildman–Crippen MR) is 76.1 cm³/mol. The van der Waals surface area contributed by atoms with Gasteiger partial charge in [0, 0.05) is 11.8 Å². The average molecular weight is 289 g/mol. The van der Waals surface area contributed by atoms with Crippen LogP contribution in [0.3, 0.4) is 0 Å². The van der Waals surface area contributed by atoms with Crippen LogP contribution in [0, 0.1) is 18.6 Å². The molecule has 0 aliphatic carbocycles. The summed E-state index contributed by atoms with van der Waals surface area (Å²) in [7, 11) is 0. The second-order valence-electron chi connectivity index (χ2n) is 4.82. The summed E-state index contributed by atoms with van der Waals surface area (Å²) in [6.45, 7) is 1.09. The molecule has 3 aromatic rings. The quantitative estimate of drug-likeness (QED) is 0.713. The molecule has 108 valence electrons. The summed E-state index contributed by atoms with van der Waals surface area (Å²) >= 11 is 0. The van der Waals surface area contributed by atoms with E-state index >= 15 is 0 Å². The number of nitrogen functional groups attached to an aromatic ring is 1. The minimum absolute atomic E-state index is 0.00872. The number of imidazole rings is 1.